The molecule has 0 amide bonds. The van der Waals surface area contributed by atoms with Gasteiger partial charge in [-0.25, -0.2) is 4.98 Å². The van der Waals surface area contributed by atoms with Gasteiger partial charge in [-0.2, -0.15) is 0 Å². The number of fused-ring (bicyclic) bond motifs is 11. The van der Waals surface area contributed by atoms with Crippen LogP contribution in [0.15, 0.2) is 295 Å². The Labute approximate surface area is 696 Å². The molecule has 0 aliphatic carbocycles. The minimum absolute atomic E-state index is 0.680. The lowest BCUT2D eigenvalue weighted by atomic mass is 10.0. The normalized spacial score (nSPS) is 15.0. The Hall–Kier alpha value is -10.6. The molecule has 0 bridgehead atoms. The number of hydrogen-bond acceptors (Lipinski definition) is 16. The van der Waals surface area contributed by atoms with Crippen molar-refractivity contribution in [2.75, 3.05) is 166 Å². The van der Waals surface area contributed by atoms with Gasteiger partial charge in [0.2, 0.25) is 0 Å². The molecule has 0 radical (unpaired) electrons. The molecule has 0 spiro atoms. The number of thioether (sulfide) groups is 3. The number of anilines is 8. The van der Waals surface area contributed by atoms with E-state index in [1.807, 2.05) is 128 Å². The average molecular weight is 1590 g/mol. The lowest BCUT2D eigenvalue weighted by molar-refractivity contribution is 0.113. The van der Waals surface area contributed by atoms with E-state index in [1.165, 1.54) is 155 Å². The summed E-state index contributed by atoms with van der Waals surface area (Å²) in [6, 6.07) is 94.6. The summed E-state index contributed by atoms with van der Waals surface area (Å²) in [4.78, 5) is 27.2. The molecule has 598 valence electrons. The molecule has 0 unspecified atom stereocenters. The summed E-state index contributed by atoms with van der Waals surface area (Å²) in [6.07, 6.45) is 7.66. The van der Waals surface area contributed by atoms with Crippen LogP contribution in [-0.4, -0.2) is 146 Å². The summed E-state index contributed by atoms with van der Waals surface area (Å²) in [5.74, 6) is 6.59. The van der Waals surface area contributed by atoms with Crippen LogP contribution in [-0.2, 0) is 57.1 Å². The smallest absolute Gasteiger partial charge is 0.161 e. The zero-order valence-corrected chi connectivity index (χ0v) is 71.4. The van der Waals surface area contributed by atoms with Crippen LogP contribution in [0.4, 0.5) is 45.5 Å². The molecule has 9 aliphatic rings. The van der Waals surface area contributed by atoms with Crippen molar-refractivity contribution in [2.24, 2.45) is 14.1 Å². The van der Waals surface area contributed by atoms with Crippen molar-refractivity contribution in [2.45, 2.75) is 54.5 Å². The van der Waals surface area contributed by atoms with Gasteiger partial charge in [0.05, 0.1) is 65.0 Å². The fourth-order valence-electron chi connectivity index (χ4n) is 14.6. The summed E-state index contributed by atoms with van der Waals surface area (Å²) < 4.78 is 20.3. The highest BCUT2D eigenvalue weighted by Crippen LogP contribution is 2.38. The van der Waals surface area contributed by atoms with Gasteiger partial charge in [0.15, 0.2) is 6.73 Å². The highest BCUT2D eigenvalue weighted by atomic mass is 32.2. The van der Waals surface area contributed by atoms with E-state index in [2.05, 4.69) is 329 Å². The van der Waals surface area contributed by atoms with Crippen LogP contribution in [0.1, 0.15) is 39.8 Å². The molecule has 18 heteroatoms. The Morgan fingerprint density at radius 2 is 0.791 bits per heavy atom. The van der Waals surface area contributed by atoms with Gasteiger partial charge >= 0.3 is 0 Å². The standard InChI is InChI=1S/C10H13N.2C9H11NO.2C9H11NS.2C9H11N.C9H9N.C8H8N2.C8H9NO.C8H9NS/c1-11-8-4-6-9-5-2-3-7-10(9)11;1-10-7-11-6-8-4-2-3-5-9(8)10;1-10-6-7-11-9-5-3-2-4-8(9)10;1-10-7-11-6-8-4-2-3-5-9(8)10;1-10-6-7-11-9-5-3-2-4-8(9)10;1-10-6-8-4-2-3-5-9(8)7-10;2*1-10-7-6-8-4-2-3-5-9(8)10;1-10-6-9-7-4-2-3-5-8(7)10;2*1-9-6-10-8-5-3-2-4-7(8)9/h2-3,5,7H,4,6,8H2,1H3;4*2-5H,6-7H2,1H3;2*2-5H,6-7H2,1H3;2-7H,1H3;2-6H,1H3;2*2-5H,6H2,1H3. The fraction of sp³-hybridized carbons (Fsp3) is 0.289. The maximum absolute atomic E-state index is 5.45. The van der Waals surface area contributed by atoms with Gasteiger partial charge in [0.25, 0.3) is 0 Å². The zero-order valence-electron chi connectivity index (χ0n) is 69.0. The molecule has 15 nitrogen and oxygen atoms in total. The van der Waals surface area contributed by atoms with E-state index >= 15 is 0 Å². The number of benzene rings is 11. The minimum Gasteiger partial charge on any atom is -0.490 e. The Bertz CT molecular complexity index is 4620. The van der Waals surface area contributed by atoms with Crippen molar-refractivity contribution < 1.29 is 14.2 Å². The largest absolute Gasteiger partial charge is 0.490 e. The third-order valence-corrected chi connectivity index (χ3v) is 24.4. The maximum atomic E-state index is 5.45. The van der Waals surface area contributed by atoms with Crippen LogP contribution in [0, 0.1) is 0 Å². The molecule has 0 fully saturated rings. The van der Waals surface area contributed by atoms with Gasteiger partial charge in [0, 0.05) is 165 Å². The van der Waals surface area contributed by atoms with Crippen molar-refractivity contribution in [1.82, 2.24) is 19.0 Å². The SMILES string of the molecule is CN1CCCc2ccccc21.CN1CCOc2ccccc21.CN1CCSc2ccccc21.CN1CCc2ccccc21.CN1COCc2ccccc21.CN1COc2ccccc21.CN1CSCc2ccccc21.CN1CSc2ccccc21.CN1Cc2ccccc2C1.Cn1ccc2ccccc21.Cn1cnc2ccccc21. The Morgan fingerprint density at radius 1 is 0.330 bits per heavy atom. The molecule has 11 heterocycles. The number of likely N-dealkylation sites (N-methyl/N-ethyl adjacent to an activating group) is 2. The quantitative estimate of drug-likeness (QED) is 0.144. The second-order valence-electron chi connectivity index (χ2n) is 29.7. The molecule has 0 atom stereocenters. The number of aryl methyl sites for hydroxylation is 3. The summed E-state index contributed by atoms with van der Waals surface area (Å²) in [7, 11) is 23.1. The van der Waals surface area contributed by atoms with Crippen LogP contribution >= 0.6 is 35.3 Å². The van der Waals surface area contributed by atoms with Gasteiger partial charge in [0.1, 0.15) is 24.8 Å². The zero-order chi connectivity index (χ0) is 80.3. The van der Waals surface area contributed by atoms with E-state index in [4.69, 9.17) is 14.2 Å². The molecule has 2 aromatic heterocycles. The summed E-state index contributed by atoms with van der Waals surface area (Å²) in [5, 5.41) is 1.31. The molecule has 115 heavy (non-hydrogen) atoms. The molecule has 13 aromatic rings. The molecule has 0 saturated heterocycles. The predicted molar refractivity (Wildman–Crippen MR) is 494 cm³/mol. The van der Waals surface area contributed by atoms with Crippen molar-refractivity contribution in [3.05, 3.63) is 319 Å². The number of hydrogen-bond donors (Lipinski definition) is 0. The maximum Gasteiger partial charge on any atom is 0.161 e. The molecule has 0 saturated carbocycles. The molecular formula is C97H114N12O3S3. The van der Waals surface area contributed by atoms with Crippen LogP contribution in [0.25, 0.3) is 21.9 Å². The highest BCUT2D eigenvalue weighted by molar-refractivity contribution is 8.00. The minimum atomic E-state index is 0.680. The first-order valence-corrected chi connectivity index (χ1v) is 42.9. The summed E-state index contributed by atoms with van der Waals surface area (Å²) in [6.45, 7) is 9.71. The number of aromatic nitrogens is 3. The van der Waals surface area contributed by atoms with E-state index in [0.29, 0.717) is 13.5 Å². The highest BCUT2D eigenvalue weighted by Gasteiger charge is 2.20. The molecule has 9 aliphatic heterocycles. The van der Waals surface area contributed by atoms with Gasteiger partial charge < -0.3 is 62.5 Å². The number of rotatable bonds is 0. The van der Waals surface area contributed by atoms with Crippen molar-refractivity contribution in [1.29, 1.82) is 0 Å². The molecule has 0 N–H and O–H groups in total. The molecule has 22 rings (SSSR count). The Morgan fingerprint density at radius 3 is 1.38 bits per heavy atom. The number of nitrogens with zero attached hydrogens (tertiary/aromatic N) is 12. The monoisotopic (exact) mass is 1590 g/mol. The number of para-hydroxylation sites is 13. The predicted octanol–water partition coefficient (Wildman–Crippen LogP) is 20.5. The van der Waals surface area contributed by atoms with E-state index in [9.17, 15) is 0 Å². The van der Waals surface area contributed by atoms with Gasteiger partial charge in [-0.15, -0.1) is 35.3 Å². The van der Waals surface area contributed by atoms with E-state index in [-0.39, 0.29) is 0 Å². The van der Waals surface area contributed by atoms with E-state index in [1.54, 1.807) is 0 Å². The Balaban J connectivity index is 0.000000117. The third-order valence-electron chi connectivity index (χ3n) is 21.1. The van der Waals surface area contributed by atoms with Crippen LogP contribution in [0.2, 0.25) is 0 Å². The average Bonchev–Trinajstić information content (AvgIpc) is 1.51. The van der Waals surface area contributed by atoms with Crippen LogP contribution in [0.3, 0.4) is 0 Å². The van der Waals surface area contributed by atoms with Crippen LogP contribution in [0.5, 0.6) is 11.5 Å². The fourth-order valence-corrected chi connectivity index (χ4v) is 17.8. The van der Waals surface area contributed by atoms with E-state index < -0.39 is 0 Å². The van der Waals surface area contributed by atoms with Crippen molar-refractivity contribution >= 4 is 103 Å². The first-order valence-electron chi connectivity index (χ1n) is 39.8. The number of imidazole rings is 1. The molecular weight excluding hydrogens is 1480 g/mol. The lowest BCUT2D eigenvalue weighted by Gasteiger charge is -2.27. The third kappa shape index (κ3) is 23.3. The number of ether oxygens (including phenoxy) is 3. The van der Waals surface area contributed by atoms with Gasteiger partial charge in [-0.1, -0.05) is 176 Å². The summed E-state index contributed by atoms with van der Waals surface area (Å²) >= 11 is 5.82. The van der Waals surface area contributed by atoms with Gasteiger partial charge in [-0.05, 0) is 157 Å². The Kier molecular flexibility index (Phi) is 31.1. The van der Waals surface area contributed by atoms with Crippen molar-refractivity contribution in [3.63, 3.8) is 0 Å². The second kappa shape index (κ2) is 42.7. The van der Waals surface area contributed by atoms with Gasteiger partial charge in [-0.3, -0.25) is 4.90 Å². The second-order valence-corrected chi connectivity index (χ2v) is 32.8. The topological polar surface area (TPSA) is 79.6 Å². The summed E-state index contributed by atoms with van der Waals surface area (Å²) in [5.41, 5.74) is 22.9. The van der Waals surface area contributed by atoms with Crippen LogP contribution < -0.4 is 48.7 Å². The van der Waals surface area contributed by atoms with E-state index in [0.717, 1.165) is 61.6 Å². The van der Waals surface area contributed by atoms with Crippen molar-refractivity contribution in [3.8, 4) is 11.5 Å². The lowest BCUT2D eigenvalue weighted by Crippen LogP contribution is -2.28. The molecule has 11 aromatic carbocycles. The first-order chi connectivity index (χ1) is 56.1. The first kappa shape index (κ1) is 83.8.